The molecule has 0 radical (unpaired) electrons. The summed E-state index contributed by atoms with van der Waals surface area (Å²) in [6.45, 7) is 3.18. The molecule has 1 aliphatic rings. The molecule has 86 valence electrons. The van der Waals surface area contributed by atoms with E-state index in [9.17, 15) is 4.79 Å². The van der Waals surface area contributed by atoms with Crippen molar-refractivity contribution in [3.63, 3.8) is 0 Å². The SMILES string of the molecule is CCC1(CNc2ccnc(C(N)=O)c2)CC1. The molecule has 0 unspecified atom stereocenters. The third-order valence-electron chi connectivity index (χ3n) is 3.39. The molecule has 0 saturated heterocycles. The third kappa shape index (κ3) is 2.32. The van der Waals surface area contributed by atoms with E-state index in [1.54, 1.807) is 12.3 Å². The van der Waals surface area contributed by atoms with Crippen LogP contribution in [0.1, 0.15) is 36.7 Å². The monoisotopic (exact) mass is 219 g/mol. The summed E-state index contributed by atoms with van der Waals surface area (Å²) in [7, 11) is 0. The minimum absolute atomic E-state index is 0.311. The summed E-state index contributed by atoms with van der Waals surface area (Å²) >= 11 is 0. The molecule has 0 aliphatic heterocycles. The Morgan fingerprint density at radius 1 is 1.62 bits per heavy atom. The normalized spacial score (nSPS) is 16.8. The zero-order chi connectivity index (χ0) is 11.6. The Morgan fingerprint density at radius 2 is 2.38 bits per heavy atom. The van der Waals surface area contributed by atoms with Gasteiger partial charge in [0, 0.05) is 18.4 Å². The lowest BCUT2D eigenvalue weighted by Crippen LogP contribution is -2.16. The molecule has 0 spiro atoms. The van der Waals surface area contributed by atoms with Crippen molar-refractivity contribution in [2.45, 2.75) is 26.2 Å². The molecule has 1 aromatic heterocycles. The number of nitrogens with zero attached hydrogens (tertiary/aromatic N) is 1. The van der Waals surface area contributed by atoms with Gasteiger partial charge in [0.2, 0.25) is 0 Å². The average molecular weight is 219 g/mol. The highest BCUT2D eigenvalue weighted by molar-refractivity contribution is 5.91. The number of primary amides is 1. The molecule has 3 N–H and O–H groups in total. The molecule has 1 fully saturated rings. The zero-order valence-corrected chi connectivity index (χ0v) is 9.49. The Bertz CT molecular complexity index is 399. The molecule has 1 saturated carbocycles. The molecule has 4 heteroatoms. The zero-order valence-electron chi connectivity index (χ0n) is 9.49. The summed E-state index contributed by atoms with van der Waals surface area (Å²) in [5, 5.41) is 3.35. The van der Waals surface area contributed by atoms with Gasteiger partial charge in [0.05, 0.1) is 0 Å². The van der Waals surface area contributed by atoms with E-state index in [0.29, 0.717) is 11.1 Å². The van der Waals surface area contributed by atoms with Crippen molar-refractivity contribution in [1.29, 1.82) is 0 Å². The second-order valence-electron chi connectivity index (χ2n) is 4.50. The Hall–Kier alpha value is -1.58. The van der Waals surface area contributed by atoms with Gasteiger partial charge in [0.25, 0.3) is 5.91 Å². The number of aromatic nitrogens is 1. The van der Waals surface area contributed by atoms with E-state index in [-0.39, 0.29) is 0 Å². The molecular formula is C12H17N3O. The summed E-state index contributed by atoms with van der Waals surface area (Å²) in [6, 6.07) is 3.56. The first-order valence-electron chi connectivity index (χ1n) is 5.65. The van der Waals surface area contributed by atoms with Crippen LogP contribution < -0.4 is 11.1 Å². The lowest BCUT2D eigenvalue weighted by atomic mass is 10.0. The Morgan fingerprint density at radius 3 is 2.94 bits per heavy atom. The summed E-state index contributed by atoms with van der Waals surface area (Å²) in [5.41, 5.74) is 6.89. The van der Waals surface area contributed by atoms with Crippen molar-refractivity contribution in [3.05, 3.63) is 24.0 Å². The molecule has 1 heterocycles. The van der Waals surface area contributed by atoms with Crippen LogP contribution in [0.4, 0.5) is 5.69 Å². The first-order chi connectivity index (χ1) is 7.65. The standard InChI is InChI=1S/C12H17N3O/c1-2-12(4-5-12)8-15-9-3-6-14-10(7-9)11(13)16/h3,6-7H,2,4-5,8H2,1H3,(H2,13,16)(H,14,15). The Labute approximate surface area is 95.3 Å². The minimum atomic E-state index is -0.486. The first-order valence-corrected chi connectivity index (χ1v) is 5.65. The highest BCUT2D eigenvalue weighted by Gasteiger charge is 2.40. The van der Waals surface area contributed by atoms with Crippen LogP contribution in [0.15, 0.2) is 18.3 Å². The van der Waals surface area contributed by atoms with E-state index < -0.39 is 5.91 Å². The molecule has 0 atom stereocenters. The van der Waals surface area contributed by atoms with Crippen molar-refractivity contribution < 1.29 is 4.79 Å². The lowest BCUT2D eigenvalue weighted by Gasteiger charge is -2.14. The van der Waals surface area contributed by atoms with E-state index in [2.05, 4.69) is 17.2 Å². The third-order valence-corrected chi connectivity index (χ3v) is 3.39. The number of rotatable bonds is 5. The number of anilines is 1. The van der Waals surface area contributed by atoms with Gasteiger partial charge in [-0.1, -0.05) is 6.92 Å². The van der Waals surface area contributed by atoms with Gasteiger partial charge in [-0.2, -0.15) is 0 Å². The van der Waals surface area contributed by atoms with Crippen molar-refractivity contribution in [1.82, 2.24) is 4.98 Å². The number of carbonyl (C=O) groups excluding carboxylic acids is 1. The predicted octanol–water partition coefficient (Wildman–Crippen LogP) is 1.78. The predicted molar refractivity (Wildman–Crippen MR) is 63.2 cm³/mol. The maximum Gasteiger partial charge on any atom is 0.267 e. The van der Waals surface area contributed by atoms with Gasteiger partial charge in [-0.3, -0.25) is 9.78 Å². The van der Waals surface area contributed by atoms with Crippen LogP contribution in [0.25, 0.3) is 0 Å². The number of hydrogen-bond acceptors (Lipinski definition) is 3. The largest absolute Gasteiger partial charge is 0.384 e. The van der Waals surface area contributed by atoms with E-state index >= 15 is 0 Å². The van der Waals surface area contributed by atoms with E-state index in [0.717, 1.165) is 12.2 Å². The fourth-order valence-corrected chi connectivity index (χ4v) is 1.80. The van der Waals surface area contributed by atoms with Gasteiger partial charge >= 0.3 is 0 Å². The highest BCUT2D eigenvalue weighted by atomic mass is 16.1. The number of nitrogens with two attached hydrogens (primary N) is 1. The van der Waals surface area contributed by atoms with Gasteiger partial charge in [-0.15, -0.1) is 0 Å². The summed E-state index contributed by atoms with van der Waals surface area (Å²) in [4.78, 5) is 14.9. The Kier molecular flexibility index (Phi) is 2.81. The van der Waals surface area contributed by atoms with Crippen LogP contribution in [0.2, 0.25) is 0 Å². The van der Waals surface area contributed by atoms with Crippen molar-refractivity contribution in [3.8, 4) is 0 Å². The number of carbonyl (C=O) groups is 1. The number of pyridine rings is 1. The summed E-state index contributed by atoms with van der Waals surface area (Å²) in [5.74, 6) is -0.486. The molecular weight excluding hydrogens is 202 g/mol. The number of amides is 1. The van der Waals surface area contributed by atoms with Gasteiger partial charge in [0.15, 0.2) is 0 Å². The van der Waals surface area contributed by atoms with Crippen molar-refractivity contribution >= 4 is 11.6 Å². The number of nitrogens with one attached hydrogen (secondary N) is 1. The van der Waals surface area contributed by atoms with Crippen LogP contribution in [0, 0.1) is 5.41 Å². The average Bonchev–Trinajstić information content (AvgIpc) is 3.07. The summed E-state index contributed by atoms with van der Waals surface area (Å²) in [6.07, 6.45) is 5.40. The molecule has 16 heavy (non-hydrogen) atoms. The summed E-state index contributed by atoms with van der Waals surface area (Å²) < 4.78 is 0. The minimum Gasteiger partial charge on any atom is -0.384 e. The highest BCUT2D eigenvalue weighted by Crippen LogP contribution is 2.48. The first kappa shape index (κ1) is 10.9. The number of hydrogen-bond donors (Lipinski definition) is 2. The van der Waals surface area contributed by atoms with Gasteiger partial charge in [-0.25, -0.2) is 0 Å². The molecule has 0 bridgehead atoms. The molecule has 1 amide bonds. The molecule has 4 nitrogen and oxygen atoms in total. The molecule has 1 aromatic rings. The van der Waals surface area contributed by atoms with Crippen LogP contribution >= 0.6 is 0 Å². The smallest absolute Gasteiger partial charge is 0.267 e. The van der Waals surface area contributed by atoms with Crippen LogP contribution in [-0.2, 0) is 0 Å². The van der Waals surface area contributed by atoms with Gasteiger partial charge < -0.3 is 11.1 Å². The van der Waals surface area contributed by atoms with E-state index in [4.69, 9.17) is 5.73 Å². The van der Waals surface area contributed by atoms with Crippen molar-refractivity contribution in [2.75, 3.05) is 11.9 Å². The second-order valence-corrected chi connectivity index (χ2v) is 4.50. The van der Waals surface area contributed by atoms with Crippen LogP contribution in [0.5, 0.6) is 0 Å². The quantitative estimate of drug-likeness (QED) is 0.793. The maximum atomic E-state index is 11.0. The molecule has 2 rings (SSSR count). The topological polar surface area (TPSA) is 68.0 Å². The van der Waals surface area contributed by atoms with Crippen LogP contribution in [0.3, 0.4) is 0 Å². The molecule has 1 aliphatic carbocycles. The second kappa shape index (κ2) is 4.12. The van der Waals surface area contributed by atoms with Gasteiger partial charge in [0.1, 0.15) is 5.69 Å². The maximum absolute atomic E-state index is 11.0. The van der Waals surface area contributed by atoms with Gasteiger partial charge in [-0.05, 0) is 36.8 Å². The van der Waals surface area contributed by atoms with Crippen LogP contribution in [-0.4, -0.2) is 17.4 Å². The lowest BCUT2D eigenvalue weighted by molar-refractivity contribution is 0.0995. The molecule has 0 aromatic carbocycles. The van der Waals surface area contributed by atoms with E-state index in [1.165, 1.54) is 19.3 Å². The fraction of sp³-hybridized carbons (Fsp3) is 0.500. The van der Waals surface area contributed by atoms with Crippen molar-refractivity contribution in [2.24, 2.45) is 11.1 Å². The van der Waals surface area contributed by atoms with E-state index in [1.807, 2.05) is 6.07 Å². The Balaban J connectivity index is 1.99. The fourth-order valence-electron chi connectivity index (χ4n) is 1.80.